The Bertz CT molecular complexity index is 286. The van der Waals surface area contributed by atoms with Crippen molar-refractivity contribution in [1.82, 2.24) is 9.80 Å². The van der Waals surface area contributed by atoms with Crippen LogP contribution < -0.4 is 5.73 Å². The zero-order valence-electron chi connectivity index (χ0n) is 12.0. The molecule has 0 spiro atoms. The summed E-state index contributed by atoms with van der Waals surface area (Å²) < 4.78 is 5.31. The van der Waals surface area contributed by atoms with Gasteiger partial charge >= 0.3 is 0 Å². The first-order valence-electron chi connectivity index (χ1n) is 7.56. The average Bonchev–Trinajstić information content (AvgIpc) is 2.98. The Morgan fingerprint density at radius 1 is 1.37 bits per heavy atom. The van der Waals surface area contributed by atoms with E-state index in [1.165, 1.54) is 25.7 Å². The highest BCUT2D eigenvalue weighted by Gasteiger charge is 2.32. The SMILES string of the molecule is CC(C(=O)N1CCOCC1)N(CCN)C1CCCC1. The van der Waals surface area contributed by atoms with E-state index < -0.39 is 0 Å². The van der Waals surface area contributed by atoms with Gasteiger partial charge in [-0.3, -0.25) is 9.69 Å². The molecule has 0 radical (unpaired) electrons. The van der Waals surface area contributed by atoms with Crippen molar-refractivity contribution in [3.8, 4) is 0 Å². The first kappa shape index (κ1) is 14.8. The fraction of sp³-hybridized carbons (Fsp3) is 0.929. The smallest absolute Gasteiger partial charge is 0.239 e. The van der Waals surface area contributed by atoms with Crippen LogP contribution in [0.3, 0.4) is 0 Å². The van der Waals surface area contributed by atoms with Crippen molar-refractivity contribution in [3.63, 3.8) is 0 Å². The Kier molecular flexibility index (Phi) is 5.60. The topological polar surface area (TPSA) is 58.8 Å². The molecule has 5 heteroatoms. The van der Waals surface area contributed by atoms with Crippen LogP contribution >= 0.6 is 0 Å². The third-order valence-corrected chi connectivity index (χ3v) is 4.36. The lowest BCUT2D eigenvalue weighted by atomic mass is 10.1. The van der Waals surface area contributed by atoms with Gasteiger partial charge in [-0.2, -0.15) is 0 Å². The summed E-state index contributed by atoms with van der Waals surface area (Å²) in [4.78, 5) is 16.8. The van der Waals surface area contributed by atoms with Crippen LogP contribution in [0.4, 0.5) is 0 Å². The number of carbonyl (C=O) groups excluding carboxylic acids is 1. The van der Waals surface area contributed by atoms with Gasteiger partial charge in [-0.1, -0.05) is 12.8 Å². The van der Waals surface area contributed by atoms with Crippen molar-refractivity contribution in [2.45, 2.75) is 44.7 Å². The van der Waals surface area contributed by atoms with Crippen molar-refractivity contribution in [1.29, 1.82) is 0 Å². The van der Waals surface area contributed by atoms with E-state index in [4.69, 9.17) is 10.5 Å². The van der Waals surface area contributed by atoms with Crippen LogP contribution in [0.1, 0.15) is 32.6 Å². The number of hydrogen-bond acceptors (Lipinski definition) is 4. The van der Waals surface area contributed by atoms with E-state index in [1.807, 2.05) is 11.8 Å². The molecule has 1 unspecified atom stereocenters. The summed E-state index contributed by atoms with van der Waals surface area (Å²) in [6.45, 7) is 6.26. The highest BCUT2D eigenvalue weighted by Crippen LogP contribution is 2.25. The minimum Gasteiger partial charge on any atom is -0.378 e. The number of hydrogen-bond donors (Lipinski definition) is 1. The maximum atomic E-state index is 12.6. The highest BCUT2D eigenvalue weighted by atomic mass is 16.5. The predicted molar refractivity (Wildman–Crippen MR) is 74.9 cm³/mol. The molecular weight excluding hydrogens is 242 g/mol. The van der Waals surface area contributed by atoms with E-state index in [9.17, 15) is 4.79 Å². The summed E-state index contributed by atoms with van der Waals surface area (Å²) in [6, 6.07) is 0.494. The van der Waals surface area contributed by atoms with Gasteiger partial charge in [0.1, 0.15) is 0 Å². The van der Waals surface area contributed by atoms with Crippen molar-refractivity contribution in [3.05, 3.63) is 0 Å². The van der Waals surface area contributed by atoms with Crippen LogP contribution in [-0.2, 0) is 9.53 Å². The maximum absolute atomic E-state index is 12.6. The quantitative estimate of drug-likeness (QED) is 0.786. The van der Waals surface area contributed by atoms with E-state index in [-0.39, 0.29) is 11.9 Å². The molecule has 19 heavy (non-hydrogen) atoms. The summed E-state index contributed by atoms with van der Waals surface area (Å²) >= 11 is 0. The molecule has 1 atom stereocenters. The molecule has 0 aromatic heterocycles. The molecule has 1 heterocycles. The summed E-state index contributed by atoms with van der Waals surface area (Å²) in [5.41, 5.74) is 5.73. The molecule has 1 aliphatic carbocycles. The van der Waals surface area contributed by atoms with Crippen molar-refractivity contribution < 1.29 is 9.53 Å². The number of amides is 1. The van der Waals surface area contributed by atoms with Gasteiger partial charge in [-0.15, -0.1) is 0 Å². The molecule has 2 fully saturated rings. The van der Waals surface area contributed by atoms with Crippen LogP contribution in [0.5, 0.6) is 0 Å². The molecule has 2 rings (SSSR count). The minimum atomic E-state index is -0.0512. The van der Waals surface area contributed by atoms with Crippen molar-refractivity contribution in [2.24, 2.45) is 5.73 Å². The first-order chi connectivity index (χ1) is 9.24. The lowest BCUT2D eigenvalue weighted by molar-refractivity contribution is -0.141. The highest BCUT2D eigenvalue weighted by molar-refractivity contribution is 5.81. The molecule has 1 amide bonds. The molecule has 5 nitrogen and oxygen atoms in total. The Morgan fingerprint density at radius 2 is 2.00 bits per heavy atom. The molecule has 0 bridgehead atoms. The molecule has 1 saturated heterocycles. The third-order valence-electron chi connectivity index (χ3n) is 4.36. The molecule has 1 aliphatic heterocycles. The summed E-state index contributed by atoms with van der Waals surface area (Å²) in [5.74, 6) is 0.239. The molecule has 2 aliphatic rings. The number of carbonyl (C=O) groups is 1. The number of rotatable bonds is 5. The van der Waals surface area contributed by atoms with Crippen LogP contribution in [0, 0.1) is 0 Å². The molecule has 2 N–H and O–H groups in total. The second-order valence-electron chi connectivity index (χ2n) is 5.58. The van der Waals surface area contributed by atoms with E-state index in [0.29, 0.717) is 25.8 Å². The van der Waals surface area contributed by atoms with E-state index >= 15 is 0 Å². The van der Waals surface area contributed by atoms with Gasteiger partial charge in [-0.05, 0) is 19.8 Å². The van der Waals surface area contributed by atoms with Gasteiger partial charge in [0.15, 0.2) is 0 Å². The van der Waals surface area contributed by atoms with Crippen LogP contribution in [0.25, 0.3) is 0 Å². The van der Waals surface area contributed by atoms with Crippen LogP contribution in [0.15, 0.2) is 0 Å². The lowest BCUT2D eigenvalue weighted by Crippen LogP contribution is -2.54. The fourth-order valence-corrected chi connectivity index (χ4v) is 3.27. The minimum absolute atomic E-state index is 0.0512. The van der Waals surface area contributed by atoms with Crippen LogP contribution in [-0.4, -0.2) is 67.2 Å². The largest absolute Gasteiger partial charge is 0.378 e. The Balaban J connectivity index is 1.96. The first-order valence-corrected chi connectivity index (χ1v) is 7.56. The van der Waals surface area contributed by atoms with E-state index in [0.717, 1.165) is 19.6 Å². The predicted octanol–water partition coefficient (Wildman–Crippen LogP) is 0.437. The Labute approximate surface area is 116 Å². The fourth-order valence-electron chi connectivity index (χ4n) is 3.27. The zero-order valence-corrected chi connectivity index (χ0v) is 12.0. The zero-order chi connectivity index (χ0) is 13.7. The van der Waals surface area contributed by atoms with Gasteiger partial charge < -0.3 is 15.4 Å². The number of ether oxygens (including phenoxy) is 1. The Hall–Kier alpha value is -0.650. The van der Waals surface area contributed by atoms with Crippen LogP contribution in [0.2, 0.25) is 0 Å². The molecule has 110 valence electrons. The maximum Gasteiger partial charge on any atom is 0.239 e. The standard InChI is InChI=1S/C14H27N3O2/c1-12(14(18)16-8-10-19-11-9-16)17(7-6-15)13-4-2-3-5-13/h12-13H,2-11,15H2,1H3. The Morgan fingerprint density at radius 3 is 2.58 bits per heavy atom. The lowest BCUT2D eigenvalue weighted by Gasteiger charge is -2.37. The molecule has 1 saturated carbocycles. The molecule has 0 aromatic rings. The summed E-state index contributed by atoms with van der Waals surface area (Å²) in [7, 11) is 0. The second kappa shape index (κ2) is 7.22. The average molecular weight is 269 g/mol. The number of nitrogens with zero attached hydrogens (tertiary/aromatic N) is 2. The number of morpholine rings is 1. The van der Waals surface area contributed by atoms with Gasteiger partial charge in [-0.25, -0.2) is 0 Å². The van der Waals surface area contributed by atoms with Gasteiger partial charge in [0.25, 0.3) is 0 Å². The molecular formula is C14H27N3O2. The van der Waals surface area contributed by atoms with Gasteiger partial charge in [0.2, 0.25) is 5.91 Å². The monoisotopic (exact) mass is 269 g/mol. The third kappa shape index (κ3) is 3.68. The van der Waals surface area contributed by atoms with E-state index in [2.05, 4.69) is 4.90 Å². The number of nitrogens with two attached hydrogens (primary N) is 1. The summed E-state index contributed by atoms with van der Waals surface area (Å²) in [5, 5.41) is 0. The summed E-state index contributed by atoms with van der Waals surface area (Å²) in [6.07, 6.45) is 4.98. The second-order valence-corrected chi connectivity index (χ2v) is 5.58. The molecule has 0 aromatic carbocycles. The van der Waals surface area contributed by atoms with E-state index in [1.54, 1.807) is 0 Å². The van der Waals surface area contributed by atoms with Gasteiger partial charge in [0.05, 0.1) is 19.3 Å². The van der Waals surface area contributed by atoms with Crippen molar-refractivity contribution >= 4 is 5.91 Å². The normalized spacial score (nSPS) is 23.0. The van der Waals surface area contributed by atoms with Gasteiger partial charge in [0, 0.05) is 32.2 Å². The van der Waals surface area contributed by atoms with Crippen molar-refractivity contribution in [2.75, 3.05) is 39.4 Å².